The summed E-state index contributed by atoms with van der Waals surface area (Å²) in [6, 6.07) is 4.03. The predicted octanol–water partition coefficient (Wildman–Crippen LogP) is 1.77. The van der Waals surface area contributed by atoms with Crippen molar-refractivity contribution in [3.63, 3.8) is 0 Å². The molecule has 0 aliphatic carbocycles. The fourth-order valence-corrected chi connectivity index (χ4v) is 1.81. The first-order valence-electron chi connectivity index (χ1n) is 5.69. The van der Waals surface area contributed by atoms with Gasteiger partial charge in [-0.1, -0.05) is 6.07 Å². The summed E-state index contributed by atoms with van der Waals surface area (Å²) in [5.74, 6) is -1.18. The predicted molar refractivity (Wildman–Crippen MR) is 69.8 cm³/mol. The van der Waals surface area contributed by atoms with Gasteiger partial charge in [0.1, 0.15) is 5.69 Å². The van der Waals surface area contributed by atoms with E-state index in [2.05, 4.69) is 0 Å². The first-order valence-corrected chi connectivity index (χ1v) is 5.69. The molecule has 0 saturated heterocycles. The second-order valence-electron chi connectivity index (χ2n) is 4.00. The minimum absolute atomic E-state index is 0.0749. The number of anilines is 1. The van der Waals surface area contributed by atoms with E-state index in [9.17, 15) is 14.9 Å². The molecule has 1 aromatic rings. The van der Waals surface area contributed by atoms with Gasteiger partial charge in [-0.15, -0.1) is 0 Å². The standard InChI is InChI=1S/C12H16N2O5/c1-13(7-4-8-19-2)11-9(12(15)16)5-3-6-10(11)14(17)18/h3,5-6H,4,7-8H2,1-2H3,(H,15,16). The van der Waals surface area contributed by atoms with Crippen molar-refractivity contribution in [1.82, 2.24) is 0 Å². The zero-order chi connectivity index (χ0) is 14.4. The van der Waals surface area contributed by atoms with Gasteiger partial charge < -0.3 is 14.7 Å². The normalized spacial score (nSPS) is 10.2. The molecule has 0 spiro atoms. The molecule has 19 heavy (non-hydrogen) atoms. The van der Waals surface area contributed by atoms with Crippen LogP contribution in [0.3, 0.4) is 0 Å². The Bertz CT molecular complexity index is 443. The van der Waals surface area contributed by atoms with Crippen LogP contribution >= 0.6 is 0 Å². The maximum atomic E-state index is 11.2. The third-order valence-electron chi connectivity index (χ3n) is 2.67. The van der Waals surface area contributed by atoms with E-state index in [4.69, 9.17) is 9.84 Å². The highest BCUT2D eigenvalue weighted by molar-refractivity contribution is 5.97. The van der Waals surface area contributed by atoms with Crippen LogP contribution in [-0.4, -0.2) is 43.3 Å². The van der Waals surface area contributed by atoms with Gasteiger partial charge in [-0.05, 0) is 12.5 Å². The van der Waals surface area contributed by atoms with Crippen LogP contribution in [-0.2, 0) is 4.74 Å². The maximum absolute atomic E-state index is 11.2. The minimum atomic E-state index is -1.18. The Morgan fingerprint density at radius 1 is 1.53 bits per heavy atom. The molecule has 0 aromatic heterocycles. The molecular formula is C12H16N2O5. The number of ether oxygens (including phenoxy) is 1. The average molecular weight is 268 g/mol. The van der Waals surface area contributed by atoms with Gasteiger partial charge in [-0.3, -0.25) is 10.1 Å². The first kappa shape index (κ1) is 14.9. The quantitative estimate of drug-likeness (QED) is 0.460. The van der Waals surface area contributed by atoms with E-state index in [-0.39, 0.29) is 16.9 Å². The SMILES string of the molecule is COCCCN(C)c1c(C(=O)O)cccc1[N+](=O)[O-]. The van der Waals surface area contributed by atoms with E-state index in [0.717, 1.165) is 0 Å². The van der Waals surface area contributed by atoms with Gasteiger partial charge in [-0.25, -0.2) is 4.79 Å². The lowest BCUT2D eigenvalue weighted by atomic mass is 10.1. The Morgan fingerprint density at radius 2 is 2.21 bits per heavy atom. The summed E-state index contributed by atoms with van der Waals surface area (Å²) in [5.41, 5.74) is -0.162. The van der Waals surface area contributed by atoms with Crippen LogP contribution < -0.4 is 4.90 Å². The van der Waals surface area contributed by atoms with Crippen LogP contribution in [0, 0.1) is 10.1 Å². The summed E-state index contributed by atoms with van der Waals surface area (Å²) in [7, 11) is 3.19. The van der Waals surface area contributed by atoms with Gasteiger partial charge in [-0.2, -0.15) is 0 Å². The summed E-state index contributed by atoms with van der Waals surface area (Å²) in [5, 5.41) is 20.1. The van der Waals surface area contributed by atoms with Crippen LogP contribution in [0.5, 0.6) is 0 Å². The number of hydrogen-bond acceptors (Lipinski definition) is 5. The molecule has 0 saturated carbocycles. The molecule has 7 nitrogen and oxygen atoms in total. The molecule has 1 rings (SSSR count). The van der Waals surface area contributed by atoms with Gasteiger partial charge >= 0.3 is 5.97 Å². The highest BCUT2D eigenvalue weighted by atomic mass is 16.6. The van der Waals surface area contributed by atoms with Crippen molar-refractivity contribution >= 4 is 17.3 Å². The molecular weight excluding hydrogens is 252 g/mol. The molecule has 0 heterocycles. The van der Waals surface area contributed by atoms with E-state index in [0.29, 0.717) is 19.6 Å². The van der Waals surface area contributed by atoms with Gasteiger partial charge in [0.15, 0.2) is 0 Å². The van der Waals surface area contributed by atoms with E-state index >= 15 is 0 Å². The molecule has 0 aliphatic heterocycles. The number of para-hydroxylation sites is 1. The average Bonchev–Trinajstić information content (AvgIpc) is 2.37. The van der Waals surface area contributed by atoms with Crippen molar-refractivity contribution in [1.29, 1.82) is 0 Å². The Morgan fingerprint density at radius 3 is 2.74 bits per heavy atom. The van der Waals surface area contributed by atoms with E-state index in [1.165, 1.54) is 18.2 Å². The number of hydrogen-bond donors (Lipinski definition) is 1. The van der Waals surface area contributed by atoms with Crippen LogP contribution in [0.15, 0.2) is 18.2 Å². The Labute approximate surface area is 110 Å². The molecule has 104 valence electrons. The van der Waals surface area contributed by atoms with Crippen molar-refractivity contribution in [2.24, 2.45) is 0 Å². The lowest BCUT2D eigenvalue weighted by Crippen LogP contribution is -2.23. The van der Waals surface area contributed by atoms with E-state index in [1.807, 2.05) is 0 Å². The van der Waals surface area contributed by atoms with Crippen LogP contribution in [0.25, 0.3) is 0 Å². The molecule has 0 atom stereocenters. The number of benzene rings is 1. The molecule has 0 bridgehead atoms. The molecule has 0 fully saturated rings. The number of carboxylic acid groups (broad SMARTS) is 1. The van der Waals surface area contributed by atoms with Gasteiger partial charge in [0.05, 0.1) is 10.5 Å². The largest absolute Gasteiger partial charge is 0.478 e. The first-order chi connectivity index (χ1) is 8.99. The number of rotatable bonds is 7. The third-order valence-corrected chi connectivity index (χ3v) is 2.67. The summed E-state index contributed by atoms with van der Waals surface area (Å²) in [4.78, 5) is 23.1. The Hall–Kier alpha value is -2.15. The van der Waals surface area contributed by atoms with Crippen molar-refractivity contribution in [3.8, 4) is 0 Å². The number of carbonyl (C=O) groups is 1. The van der Waals surface area contributed by atoms with E-state index in [1.54, 1.807) is 19.1 Å². The lowest BCUT2D eigenvalue weighted by molar-refractivity contribution is -0.384. The number of aromatic carboxylic acids is 1. The van der Waals surface area contributed by atoms with Crippen molar-refractivity contribution in [3.05, 3.63) is 33.9 Å². The number of methoxy groups -OCH3 is 1. The van der Waals surface area contributed by atoms with Gasteiger partial charge in [0, 0.05) is 33.4 Å². The Kier molecular flexibility index (Phi) is 5.25. The maximum Gasteiger partial charge on any atom is 0.338 e. The topological polar surface area (TPSA) is 92.9 Å². The minimum Gasteiger partial charge on any atom is -0.478 e. The van der Waals surface area contributed by atoms with Crippen LogP contribution in [0.1, 0.15) is 16.8 Å². The zero-order valence-corrected chi connectivity index (χ0v) is 10.8. The highest BCUT2D eigenvalue weighted by Gasteiger charge is 2.24. The fourth-order valence-electron chi connectivity index (χ4n) is 1.81. The van der Waals surface area contributed by atoms with Crippen molar-refractivity contribution in [2.45, 2.75) is 6.42 Å². The molecule has 0 amide bonds. The summed E-state index contributed by atoms with van der Waals surface area (Å²) in [6.45, 7) is 0.979. The highest BCUT2D eigenvalue weighted by Crippen LogP contribution is 2.31. The summed E-state index contributed by atoms with van der Waals surface area (Å²) >= 11 is 0. The van der Waals surface area contributed by atoms with Gasteiger partial charge in [0.2, 0.25) is 0 Å². The third kappa shape index (κ3) is 3.65. The summed E-state index contributed by atoms with van der Waals surface area (Å²) < 4.78 is 4.91. The van der Waals surface area contributed by atoms with E-state index < -0.39 is 10.9 Å². The molecule has 0 unspecified atom stereocenters. The second kappa shape index (κ2) is 6.69. The number of nitrogens with zero attached hydrogens (tertiary/aromatic N) is 2. The number of carboxylic acids is 1. The lowest BCUT2D eigenvalue weighted by Gasteiger charge is -2.20. The Balaban J connectivity index is 3.13. The summed E-state index contributed by atoms with van der Waals surface area (Å²) in [6.07, 6.45) is 0.651. The smallest absolute Gasteiger partial charge is 0.338 e. The fraction of sp³-hybridized carbons (Fsp3) is 0.417. The van der Waals surface area contributed by atoms with Crippen LogP contribution in [0.2, 0.25) is 0 Å². The second-order valence-corrected chi connectivity index (χ2v) is 4.00. The zero-order valence-electron chi connectivity index (χ0n) is 10.8. The van der Waals surface area contributed by atoms with Crippen molar-refractivity contribution in [2.75, 3.05) is 32.2 Å². The molecule has 1 aromatic carbocycles. The van der Waals surface area contributed by atoms with Crippen LogP contribution in [0.4, 0.5) is 11.4 Å². The van der Waals surface area contributed by atoms with Gasteiger partial charge in [0.25, 0.3) is 5.69 Å². The molecule has 7 heteroatoms. The number of nitro benzene ring substituents is 1. The monoisotopic (exact) mass is 268 g/mol. The molecule has 1 N–H and O–H groups in total. The van der Waals surface area contributed by atoms with Crippen molar-refractivity contribution < 1.29 is 19.6 Å². The number of nitro groups is 1. The molecule has 0 aliphatic rings. The molecule has 0 radical (unpaired) electrons.